The monoisotopic (exact) mass is 285 g/mol. The second kappa shape index (κ2) is 5.65. The molecule has 0 atom stereocenters. The van der Waals surface area contributed by atoms with Gasteiger partial charge in [0.1, 0.15) is 0 Å². The van der Waals surface area contributed by atoms with E-state index in [9.17, 15) is 9.59 Å². The molecule has 0 saturated heterocycles. The number of carbonyl (C=O) groups is 2. The number of benzene rings is 1. The molecule has 86 valence electrons. The lowest BCUT2D eigenvalue weighted by atomic mass is 10.1. The van der Waals surface area contributed by atoms with Crippen LogP contribution in [0.25, 0.3) is 0 Å². The van der Waals surface area contributed by atoms with Crippen molar-refractivity contribution in [2.45, 2.75) is 13.3 Å². The first-order chi connectivity index (χ1) is 7.52. The Morgan fingerprint density at radius 2 is 2.12 bits per heavy atom. The molecule has 0 bridgehead atoms. The first kappa shape index (κ1) is 12.7. The lowest BCUT2D eigenvalue weighted by Crippen LogP contribution is -2.26. The Balaban J connectivity index is 2.66. The van der Waals surface area contributed by atoms with Gasteiger partial charge in [0.05, 0.1) is 12.0 Å². The molecule has 0 aliphatic rings. The maximum atomic E-state index is 11.7. The Kier molecular flexibility index (Phi) is 4.49. The van der Waals surface area contributed by atoms with E-state index < -0.39 is 5.97 Å². The van der Waals surface area contributed by atoms with Crippen LogP contribution in [0.3, 0.4) is 0 Å². The van der Waals surface area contributed by atoms with Gasteiger partial charge in [-0.15, -0.1) is 0 Å². The zero-order valence-electron chi connectivity index (χ0n) is 8.79. The quantitative estimate of drug-likeness (QED) is 0.889. The topological polar surface area (TPSA) is 66.4 Å². The predicted molar refractivity (Wildman–Crippen MR) is 63.5 cm³/mol. The average Bonchev–Trinajstić information content (AvgIpc) is 2.21. The molecule has 0 aliphatic heterocycles. The molecule has 1 amide bonds. The molecule has 0 heterocycles. The first-order valence-electron chi connectivity index (χ1n) is 4.77. The summed E-state index contributed by atoms with van der Waals surface area (Å²) < 4.78 is 0.739. The maximum absolute atomic E-state index is 11.7. The number of hydrogen-bond acceptors (Lipinski definition) is 2. The largest absolute Gasteiger partial charge is 0.481 e. The Hall–Kier alpha value is -1.36. The Bertz CT molecular complexity index is 418. The van der Waals surface area contributed by atoms with Gasteiger partial charge in [0.2, 0.25) is 0 Å². The number of halogens is 1. The minimum atomic E-state index is -0.927. The molecular formula is C11H12BrNO3. The zero-order chi connectivity index (χ0) is 12.1. The highest BCUT2D eigenvalue weighted by Crippen LogP contribution is 2.20. The Morgan fingerprint density at radius 3 is 2.75 bits per heavy atom. The summed E-state index contributed by atoms with van der Waals surface area (Å²) >= 11 is 3.32. The number of aryl methyl sites for hydroxylation is 1. The summed E-state index contributed by atoms with van der Waals surface area (Å²) in [5, 5.41) is 11.0. The van der Waals surface area contributed by atoms with Crippen LogP contribution in [0.5, 0.6) is 0 Å². The third-order valence-corrected chi connectivity index (χ3v) is 3.11. The molecule has 1 aromatic carbocycles. The van der Waals surface area contributed by atoms with E-state index >= 15 is 0 Å². The van der Waals surface area contributed by atoms with Crippen molar-refractivity contribution in [2.75, 3.05) is 6.54 Å². The highest BCUT2D eigenvalue weighted by atomic mass is 79.9. The van der Waals surface area contributed by atoms with Gasteiger partial charge in [0.25, 0.3) is 5.91 Å². The van der Waals surface area contributed by atoms with Gasteiger partial charge in [-0.25, -0.2) is 0 Å². The van der Waals surface area contributed by atoms with Crippen LogP contribution in [0.15, 0.2) is 22.7 Å². The number of aliphatic carboxylic acids is 1. The molecule has 2 N–H and O–H groups in total. The normalized spacial score (nSPS) is 9.88. The standard InChI is InChI=1S/C11H12BrNO3/c1-7-3-2-4-8(10(7)12)11(16)13-6-5-9(14)15/h2-4H,5-6H2,1H3,(H,13,16)(H,14,15). The van der Waals surface area contributed by atoms with Crippen LogP contribution >= 0.6 is 15.9 Å². The molecule has 0 aliphatic carbocycles. The first-order valence-corrected chi connectivity index (χ1v) is 5.56. The van der Waals surface area contributed by atoms with Crippen molar-refractivity contribution in [3.8, 4) is 0 Å². The fraction of sp³-hybridized carbons (Fsp3) is 0.273. The number of hydrogen-bond donors (Lipinski definition) is 2. The number of carboxylic acid groups (broad SMARTS) is 1. The average molecular weight is 286 g/mol. The molecule has 16 heavy (non-hydrogen) atoms. The molecule has 1 rings (SSSR count). The van der Waals surface area contributed by atoms with E-state index in [2.05, 4.69) is 21.2 Å². The molecule has 1 aromatic rings. The Morgan fingerprint density at radius 1 is 1.44 bits per heavy atom. The molecule has 0 saturated carbocycles. The van der Waals surface area contributed by atoms with Crippen molar-refractivity contribution in [3.05, 3.63) is 33.8 Å². The minimum absolute atomic E-state index is 0.0742. The van der Waals surface area contributed by atoms with Gasteiger partial charge < -0.3 is 10.4 Å². The van der Waals surface area contributed by atoms with Crippen molar-refractivity contribution in [1.82, 2.24) is 5.32 Å². The predicted octanol–water partition coefficient (Wildman–Crippen LogP) is 1.96. The summed E-state index contributed by atoms with van der Waals surface area (Å²) in [6, 6.07) is 5.36. The van der Waals surface area contributed by atoms with E-state index in [-0.39, 0.29) is 18.9 Å². The highest BCUT2D eigenvalue weighted by Gasteiger charge is 2.10. The van der Waals surface area contributed by atoms with E-state index in [1.165, 1.54) is 0 Å². The smallest absolute Gasteiger partial charge is 0.305 e. The molecule has 0 fully saturated rings. The van der Waals surface area contributed by atoms with Gasteiger partial charge >= 0.3 is 5.97 Å². The van der Waals surface area contributed by atoms with Gasteiger partial charge in [0, 0.05) is 11.0 Å². The van der Waals surface area contributed by atoms with Crippen LogP contribution in [0.4, 0.5) is 0 Å². The molecule has 0 unspecified atom stereocenters. The van der Waals surface area contributed by atoms with Crippen molar-refractivity contribution in [2.24, 2.45) is 0 Å². The fourth-order valence-corrected chi connectivity index (χ4v) is 1.65. The van der Waals surface area contributed by atoms with Crippen molar-refractivity contribution in [3.63, 3.8) is 0 Å². The molecule has 4 nitrogen and oxygen atoms in total. The van der Waals surface area contributed by atoms with Gasteiger partial charge in [0.15, 0.2) is 0 Å². The Labute approximate surface area is 102 Å². The lowest BCUT2D eigenvalue weighted by Gasteiger charge is -2.07. The second-order valence-electron chi connectivity index (χ2n) is 3.34. The van der Waals surface area contributed by atoms with E-state index in [1.807, 2.05) is 13.0 Å². The molecule has 0 radical (unpaired) electrons. The summed E-state index contributed by atoms with van der Waals surface area (Å²) in [6.07, 6.45) is -0.0742. The number of carboxylic acids is 1. The van der Waals surface area contributed by atoms with Crippen molar-refractivity contribution < 1.29 is 14.7 Å². The summed E-state index contributed by atoms with van der Waals surface area (Å²) in [5.74, 6) is -1.19. The van der Waals surface area contributed by atoms with Crippen LogP contribution in [0.1, 0.15) is 22.3 Å². The van der Waals surface area contributed by atoms with Crippen LogP contribution < -0.4 is 5.32 Å². The third kappa shape index (κ3) is 3.34. The van der Waals surface area contributed by atoms with Gasteiger partial charge in [-0.3, -0.25) is 9.59 Å². The number of rotatable bonds is 4. The zero-order valence-corrected chi connectivity index (χ0v) is 10.4. The number of carbonyl (C=O) groups excluding carboxylic acids is 1. The van der Waals surface area contributed by atoms with Crippen molar-refractivity contribution >= 4 is 27.8 Å². The maximum Gasteiger partial charge on any atom is 0.305 e. The van der Waals surface area contributed by atoms with Gasteiger partial charge in [-0.1, -0.05) is 12.1 Å². The third-order valence-electron chi connectivity index (χ3n) is 2.06. The van der Waals surface area contributed by atoms with Crippen molar-refractivity contribution in [1.29, 1.82) is 0 Å². The fourth-order valence-electron chi connectivity index (χ4n) is 1.20. The van der Waals surface area contributed by atoms with Gasteiger partial charge in [-0.2, -0.15) is 0 Å². The summed E-state index contributed by atoms with van der Waals surface area (Å²) in [5.41, 5.74) is 1.48. The minimum Gasteiger partial charge on any atom is -0.481 e. The molecule has 5 heteroatoms. The van der Waals surface area contributed by atoms with E-state index in [4.69, 9.17) is 5.11 Å². The van der Waals surface area contributed by atoms with Crippen LogP contribution in [-0.2, 0) is 4.79 Å². The molecule has 0 spiro atoms. The second-order valence-corrected chi connectivity index (χ2v) is 4.13. The number of nitrogens with one attached hydrogen (secondary N) is 1. The van der Waals surface area contributed by atoms with Gasteiger partial charge in [-0.05, 0) is 34.5 Å². The molecular weight excluding hydrogens is 274 g/mol. The van der Waals surface area contributed by atoms with Crippen LogP contribution in [-0.4, -0.2) is 23.5 Å². The van der Waals surface area contributed by atoms with E-state index in [1.54, 1.807) is 12.1 Å². The summed E-state index contributed by atoms with van der Waals surface area (Å²) in [4.78, 5) is 21.9. The molecule has 0 aromatic heterocycles. The van der Waals surface area contributed by atoms with Crippen LogP contribution in [0.2, 0.25) is 0 Å². The summed E-state index contributed by atoms with van der Waals surface area (Å²) in [7, 11) is 0. The van der Waals surface area contributed by atoms with E-state index in [0.717, 1.165) is 10.0 Å². The highest BCUT2D eigenvalue weighted by molar-refractivity contribution is 9.10. The SMILES string of the molecule is Cc1cccc(C(=O)NCCC(=O)O)c1Br. The van der Waals surface area contributed by atoms with Crippen LogP contribution in [0, 0.1) is 6.92 Å². The lowest BCUT2D eigenvalue weighted by molar-refractivity contribution is -0.136. The number of amides is 1. The van der Waals surface area contributed by atoms with E-state index in [0.29, 0.717) is 5.56 Å². The summed E-state index contributed by atoms with van der Waals surface area (Å²) in [6.45, 7) is 2.02.